The van der Waals surface area contributed by atoms with Crippen molar-refractivity contribution in [1.29, 1.82) is 0 Å². The summed E-state index contributed by atoms with van der Waals surface area (Å²) in [4.78, 5) is 14.3. The van der Waals surface area contributed by atoms with Gasteiger partial charge < -0.3 is 4.90 Å². The molecule has 1 aliphatic heterocycles. The summed E-state index contributed by atoms with van der Waals surface area (Å²) in [5.74, 6) is -0.211. The van der Waals surface area contributed by atoms with Gasteiger partial charge in [-0.05, 0) is 37.6 Å². The van der Waals surface area contributed by atoms with E-state index < -0.39 is 10.0 Å². The van der Waals surface area contributed by atoms with Crippen LogP contribution in [0.5, 0.6) is 0 Å². The first kappa shape index (κ1) is 19.8. The molecule has 0 aliphatic carbocycles. The van der Waals surface area contributed by atoms with E-state index in [9.17, 15) is 13.2 Å². The van der Waals surface area contributed by atoms with Crippen molar-refractivity contribution in [3.63, 3.8) is 0 Å². The Morgan fingerprint density at radius 3 is 2.41 bits per heavy atom. The number of nitrogens with one attached hydrogen (secondary N) is 2. The van der Waals surface area contributed by atoms with Gasteiger partial charge in [0.2, 0.25) is 0 Å². The monoisotopic (exact) mass is 450 g/mol. The van der Waals surface area contributed by atoms with E-state index in [0.717, 1.165) is 11.3 Å². The largest absolute Gasteiger partial charge is 0.307 e. The van der Waals surface area contributed by atoms with E-state index in [0.29, 0.717) is 18.5 Å². The molecule has 2 N–H and O–H groups in total. The topological polar surface area (TPSA) is 95.2 Å². The highest BCUT2D eigenvalue weighted by Gasteiger charge is 2.32. The zero-order valence-electron chi connectivity index (χ0n) is 15.2. The minimum atomic E-state index is -4.09. The van der Waals surface area contributed by atoms with Crippen LogP contribution in [0, 0.1) is 6.92 Å². The quantitative estimate of drug-likeness (QED) is 0.626. The SMILES string of the molecule is Cc1ccc(N2CCc3c(NS(=O)(=O)c4c(Cl)cccc4Cl)n[nH]c3C2=O)cc1. The van der Waals surface area contributed by atoms with Gasteiger partial charge >= 0.3 is 0 Å². The van der Waals surface area contributed by atoms with Crippen LogP contribution in [0.3, 0.4) is 0 Å². The van der Waals surface area contributed by atoms with Gasteiger partial charge in [0.1, 0.15) is 10.6 Å². The van der Waals surface area contributed by atoms with E-state index in [1.807, 2.05) is 31.2 Å². The van der Waals surface area contributed by atoms with Crippen LogP contribution in [0.2, 0.25) is 10.0 Å². The molecule has 0 bridgehead atoms. The van der Waals surface area contributed by atoms with E-state index in [2.05, 4.69) is 14.9 Å². The van der Waals surface area contributed by atoms with Crippen molar-refractivity contribution >= 4 is 50.6 Å². The highest BCUT2D eigenvalue weighted by Crippen LogP contribution is 2.33. The Bertz CT molecular complexity index is 1190. The van der Waals surface area contributed by atoms with Crippen LogP contribution in [-0.2, 0) is 16.4 Å². The summed E-state index contributed by atoms with van der Waals surface area (Å²) in [5, 5.41) is 6.66. The number of aryl methyl sites for hydroxylation is 1. The molecule has 3 aromatic rings. The van der Waals surface area contributed by atoms with Gasteiger partial charge in [-0.25, -0.2) is 8.42 Å². The third kappa shape index (κ3) is 3.59. The highest BCUT2D eigenvalue weighted by atomic mass is 35.5. The third-order valence-electron chi connectivity index (χ3n) is 4.68. The fraction of sp³-hybridized carbons (Fsp3) is 0.158. The number of carbonyl (C=O) groups is 1. The number of anilines is 2. The van der Waals surface area contributed by atoms with Crippen LogP contribution < -0.4 is 9.62 Å². The van der Waals surface area contributed by atoms with Gasteiger partial charge in [-0.2, -0.15) is 5.10 Å². The van der Waals surface area contributed by atoms with E-state index >= 15 is 0 Å². The van der Waals surface area contributed by atoms with E-state index in [1.54, 1.807) is 11.0 Å². The molecule has 1 amide bonds. The number of halogens is 2. The summed E-state index contributed by atoms with van der Waals surface area (Å²) in [6.07, 6.45) is 0.430. The molecule has 0 atom stereocenters. The highest BCUT2D eigenvalue weighted by molar-refractivity contribution is 7.93. The Morgan fingerprint density at radius 1 is 1.10 bits per heavy atom. The lowest BCUT2D eigenvalue weighted by molar-refractivity contribution is 0.0976. The maximum atomic E-state index is 12.9. The Kier molecular flexibility index (Phi) is 5.02. The molecular formula is C19H16Cl2N4O3S. The van der Waals surface area contributed by atoms with E-state index in [-0.39, 0.29) is 32.4 Å². The van der Waals surface area contributed by atoms with Crippen LogP contribution in [0.1, 0.15) is 21.6 Å². The number of aromatic nitrogens is 2. The lowest BCUT2D eigenvalue weighted by atomic mass is 10.1. The zero-order valence-corrected chi connectivity index (χ0v) is 17.6. The minimum Gasteiger partial charge on any atom is -0.307 e. The van der Waals surface area contributed by atoms with Crippen LogP contribution in [0.15, 0.2) is 47.4 Å². The summed E-state index contributed by atoms with van der Waals surface area (Å²) in [6, 6.07) is 12.0. The number of amides is 1. The number of hydrogen-bond donors (Lipinski definition) is 2. The molecule has 0 saturated carbocycles. The van der Waals surface area contributed by atoms with Gasteiger partial charge in [0.05, 0.1) is 10.0 Å². The predicted octanol–water partition coefficient (Wildman–Crippen LogP) is 4.03. The summed E-state index contributed by atoms with van der Waals surface area (Å²) >= 11 is 12.1. The van der Waals surface area contributed by atoms with Gasteiger partial charge in [0.25, 0.3) is 15.9 Å². The molecule has 2 aromatic carbocycles. The summed E-state index contributed by atoms with van der Waals surface area (Å²) in [5.41, 5.74) is 2.62. The smallest absolute Gasteiger partial charge is 0.276 e. The van der Waals surface area contributed by atoms with Crippen molar-refractivity contribution in [1.82, 2.24) is 10.2 Å². The molecule has 10 heteroatoms. The summed E-state index contributed by atoms with van der Waals surface area (Å²) in [6.45, 7) is 2.37. The fourth-order valence-electron chi connectivity index (χ4n) is 3.22. The molecule has 0 unspecified atom stereocenters. The molecule has 1 aliphatic rings. The number of fused-ring (bicyclic) bond motifs is 1. The number of rotatable bonds is 4. The maximum absolute atomic E-state index is 12.9. The number of nitrogens with zero attached hydrogens (tertiary/aromatic N) is 2. The van der Waals surface area contributed by atoms with Crippen LogP contribution >= 0.6 is 23.2 Å². The average molecular weight is 451 g/mol. The first-order valence-corrected chi connectivity index (χ1v) is 10.9. The maximum Gasteiger partial charge on any atom is 0.276 e. The molecule has 2 heterocycles. The minimum absolute atomic E-state index is 0.00368. The third-order valence-corrected chi connectivity index (χ3v) is 6.97. The lowest BCUT2D eigenvalue weighted by Crippen LogP contribution is -2.37. The second-order valence-electron chi connectivity index (χ2n) is 6.62. The lowest BCUT2D eigenvalue weighted by Gasteiger charge is -2.26. The summed E-state index contributed by atoms with van der Waals surface area (Å²) < 4.78 is 28.0. The molecular weight excluding hydrogens is 435 g/mol. The van der Waals surface area contributed by atoms with Gasteiger partial charge in [-0.1, -0.05) is 47.0 Å². The predicted molar refractivity (Wildman–Crippen MR) is 112 cm³/mol. The second-order valence-corrected chi connectivity index (χ2v) is 9.06. The van der Waals surface area contributed by atoms with E-state index in [4.69, 9.17) is 23.2 Å². The standard InChI is InChI=1S/C19H16Cl2N4O3S/c1-11-5-7-12(8-6-11)25-10-9-13-16(19(25)26)22-23-18(13)24-29(27,28)17-14(20)3-2-4-15(17)21/h2-8H,9-10H2,1H3,(H2,22,23,24). The van der Waals surface area contributed by atoms with Crippen molar-refractivity contribution in [3.05, 3.63) is 69.3 Å². The van der Waals surface area contributed by atoms with Crippen LogP contribution in [0.4, 0.5) is 11.5 Å². The number of H-pyrrole nitrogens is 1. The Morgan fingerprint density at radius 2 is 1.76 bits per heavy atom. The molecule has 0 radical (unpaired) electrons. The van der Waals surface area contributed by atoms with Gasteiger partial charge in [0, 0.05) is 17.8 Å². The van der Waals surface area contributed by atoms with E-state index in [1.165, 1.54) is 12.1 Å². The van der Waals surface area contributed by atoms with Crippen molar-refractivity contribution < 1.29 is 13.2 Å². The molecule has 4 rings (SSSR count). The van der Waals surface area contributed by atoms with Crippen molar-refractivity contribution in [2.45, 2.75) is 18.2 Å². The molecule has 1 aromatic heterocycles. The van der Waals surface area contributed by atoms with Crippen molar-refractivity contribution in [3.8, 4) is 0 Å². The Hall–Kier alpha value is -2.55. The molecule has 150 valence electrons. The first-order valence-electron chi connectivity index (χ1n) is 8.70. The molecule has 0 spiro atoms. The molecule has 0 saturated heterocycles. The second kappa shape index (κ2) is 7.37. The molecule has 7 nitrogen and oxygen atoms in total. The van der Waals surface area contributed by atoms with Crippen molar-refractivity contribution in [2.75, 3.05) is 16.2 Å². The number of hydrogen-bond acceptors (Lipinski definition) is 4. The van der Waals surface area contributed by atoms with Gasteiger partial charge in [-0.3, -0.25) is 14.6 Å². The Labute approximate surface area is 177 Å². The Balaban J connectivity index is 1.65. The van der Waals surface area contributed by atoms with Crippen LogP contribution in [-0.4, -0.2) is 31.1 Å². The zero-order chi connectivity index (χ0) is 20.8. The van der Waals surface area contributed by atoms with Gasteiger partial charge in [-0.15, -0.1) is 0 Å². The average Bonchev–Trinajstić information content (AvgIpc) is 3.06. The summed E-state index contributed by atoms with van der Waals surface area (Å²) in [7, 11) is -4.09. The fourth-order valence-corrected chi connectivity index (χ4v) is 5.40. The normalized spacial score (nSPS) is 14.0. The number of sulfonamides is 1. The number of aromatic amines is 1. The first-order chi connectivity index (χ1) is 13.8. The van der Waals surface area contributed by atoms with Crippen LogP contribution in [0.25, 0.3) is 0 Å². The molecule has 0 fully saturated rings. The number of benzene rings is 2. The van der Waals surface area contributed by atoms with Crippen molar-refractivity contribution in [2.24, 2.45) is 0 Å². The molecule has 29 heavy (non-hydrogen) atoms. The number of carbonyl (C=O) groups excluding carboxylic acids is 1. The van der Waals surface area contributed by atoms with Gasteiger partial charge in [0.15, 0.2) is 5.82 Å².